The zero-order chi connectivity index (χ0) is 13.4. The van der Waals surface area contributed by atoms with E-state index in [1.54, 1.807) is 0 Å². The molecule has 0 saturated heterocycles. The van der Waals surface area contributed by atoms with Crippen molar-refractivity contribution in [3.63, 3.8) is 0 Å². The second-order valence-corrected chi connectivity index (χ2v) is 5.25. The molecule has 5 nitrogen and oxygen atoms in total. The fourth-order valence-corrected chi connectivity index (χ4v) is 2.23. The van der Waals surface area contributed by atoms with Crippen molar-refractivity contribution in [1.29, 1.82) is 0 Å². The van der Waals surface area contributed by atoms with Crippen LogP contribution in [0.3, 0.4) is 0 Å². The molecule has 7 heteroatoms. The highest BCUT2D eigenvalue weighted by atomic mass is 32.2. The number of hydrogen-bond donors (Lipinski definition) is 2. The molecule has 0 unspecified atom stereocenters. The van der Waals surface area contributed by atoms with Gasteiger partial charge in [0, 0.05) is 19.6 Å². The Hall–Kier alpha value is -1.18. The average Bonchev–Trinajstić information content (AvgIpc) is 2.37. The van der Waals surface area contributed by atoms with Crippen LogP contribution in [0, 0.1) is 0 Å². The number of aliphatic hydroxyl groups is 1. The summed E-state index contributed by atoms with van der Waals surface area (Å²) < 4.78 is 42.5. The van der Waals surface area contributed by atoms with E-state index in [9.17, 15) is 12.8 Å². The zero-order valence-electron chi connectivity index (χ0n) is 9.80. The Bertz CT molecular complexity index is 447. The largest absolute Gasteiger partial charge is 0.494 e. The van der Waals surface area contributed by atoms with E-state index in [4.69, 9.17) is 9.84 Å². The fraction of sp³-hybridized carbons (Fsp3) is 0.455. The van der Waals surface area contributed by atoms with Gasteiger partial charge in [0.1, 0.15) is 12.4 Å². The number of alkyl halides is 1. The van der Waals surface area contributed by atoms with Crippen LogP contribution < -0.4 is 9.46 Å². The average molecular weight is 277 g/mol. The minimum Gasteiger partial charge on any atom is -0.494 e. The molecule has 0 spiro atoms. The van der Waals surface area contributed by atoms with Gasteiger partial charge in [0.15, 0.2) is 0 Å². The van der Waals surface area contributed by atoms with Gasteiger partial charge in [-0.2, -0.15) is 0 Å². The lowest BCUT2D eigenvalue weighted by Gasteiger charge is -2.07. The van der Waals surface area contributed by atoms with Crippen molar-refractivity contribution < 1.29 is 22.7 Å². The maximum absolute atomic E-state index is 11.9. The fourth-order valence-electron chi connectivity index (χ4n) is 1.23. The van der Waals surface area contributed by atoms with Crippen LogP contribution in [0.25, 0.3) is 0 Å². The molecule has 102 valence electrons. The summed E-state index contributed by atoms with van der Waals surface area (Å²) in [5, 5.41) is 8.58. The first-order chi connectivity index (χ1) is 8.60. The van der Waals surface area contributed by atoms with E-state index in [0.29, 0.717) is 18.8 Å². The highest BCUT2D eigenvalue weighted by Crippen LogP contribution is 2.15. The van der Waals surface area contributed by atoms with Crippen LogP contribution in [-0.2, 0) is 10.0 Å². The lowest BCUT2D eigenvalue weighted by atomic mass is 10.3. The predicted octanol–water partition coefficient (Wildman–Crippen LogP) is 0.696. The molecule has 1 aromatic carbocycles. The summed E-state index contributed by atoms with van der Waals surface area (Å²) in [6.45, 7) is -0.582. The number of aliphatic hydroxyl groups excluding tert-OH is 1. The number of rotatable bonds is 8. The summed E-state index contributed by atoms with van der Waals surface area (Å²) in [5.41, 5.74) is 0. The van der Waals surface area contributed by atoms with Crippen molar-refractivity contribution in [2.24, 2.45) is 0 Å². The summed E-state index contributed by atoms with van der Waals surface area (Å²) in [4.78, 5) is 0.0606. The Labute approximate surface area is 106 Å². The molecule has 0 saturated carbocycles. The van der Waals surface area contributed by atoms with Gasteiger partial charge in [-0.15, -0.1) is 0 Å². The normalized spacial score (nSPS) is 11.4. The number of hydrogen-bond acceptors (Lipinski definition) is 4. The van der Waals surface area contributed by atoms with Crippen LogP contribution in [0.4, 0.5) is 4.39 Å². The maximum Gasteiger partial charge on any atom is 0.240 e. The molecule has 18 heavy (non-hydrogen) atoms. The number of benzene rings is 1. The van der Waals surface area contributed by atoms with E-state index >= 15 is 0 Å². The first-order valence-corrected chi connectivity index (χ1v) is 6.98. The number of ether oxygens (including phenoxy) is 1. The van der Waals surface area contributed by atoms with Gasteiger partial charge in [-0.05, 0) is 24.3 Å². The molecule has 0 aliphatic carbocycles. The van der Waals surface area contributed by atoms with E-state index in [1.807, 2.05) is 0 Å². The van der Waals surface area contributed by atoms with E-state index in [2.05, 4.69) is 4.72 Å². The minimum absolute atomic E-state index is 0.0413. The summed E-state index contributed by atoms with van der Waals surface area (Å²) in [6, 6.07) is 5.80. The van der Waals surface area contributed by atoms with Gasteiger partial charge in [0.25, 0.3) is 0 Å². The van der Waals surface area contributed by atoms with E-state index in [1.165, 1.54) is 24.3 Å². The molecule has 1 aromatic rings. The Morgan fingerprint density at radius 3 is 2.50 bits per heavy atom. The third-order valence-electron chi connectivity index (χ3n) is 2.09. The van der Waals surface area contributed by atoms with Crippen molar-refractivity contribution in [3.8, 4) is 5.75 Å². The molecule has 0 radical (unpaired) electrons. The molecule has 0 aromatic heterocycles. The summed E-state index contributed by atoms with van der Waals surface area (Å²) >= 11 is 0. The first kappa shape index (κ1) is 14.9. The van der Waals surface area contributed by atoms with E-state index in [-0.39, 0.29) is 18.0 Å². The second kappa shape index (κ2) is 7.30. The van der Waals surface area contributed by atoms with Crippen LogP contribution in [0.2, 0.25) is 0 Å². The maximum atomic E-state index is 11.9. The van der Waals surface area contributed by atoms with Gasteiger partial charge in [0.05, 0.1) is 11.5 Å². The third kappa shape index (κ3) is 4.59. The van der Waals surface area contributed by atoms with Crippen LogP contribution in [0.5, 0.6) is 5.75 Å². The number of halogens is 1. The predicted molar refractivity (Wildman–Crippen MR) is 64.8 cm³/mol. The molecular formula is C11H16FNO4S. The second-order valence-electron chi connectivity index (χ2n) is 3.48. The highest BCUT2D eigenvalue weighted by molar-refractivity contribution is 7.89. The third-order valence-corrected chi connectivity index (χ3v) is 3.57. The summed E-state index contributed by atoms with van der Waals surface area (Å²) in [7, 11) is -3.65. The van der Waals surface area contributed by atoms with Crippen molar-refractivity contribution in [3.05, 3.63) is 24.3 Å². The van der Waals surface area contributed by atoms with Crippen molar-refractivity contribution in [2.75, 3.05) is 26.4 Å². The number of sulfonamides is 1. The van der Waals surface area contributed by atoms with Crippen molar-refractivity contribution in [1.82, 2.24) is 4.72 Å². The molecule has 0 aliphatic rings. The van der Waals surface area contributed by atoms with Crippen LogP contribution in [0.15, 0.2) is 29.2 Å². The Kier molecular flexibility index (Phi) is 6.03. The topological polar surface area (TPSA) is 75.6 Å². The molecular weight excluding hydrogens is 261 g/mol. The van der Waals surface area contributed by atoms with Crippen LogP contribution >= 0.6 is 0 Å². The van der Waals surface area contributed by atoms with Crippen molar-refractivity contribution >= 4 is 10.0 Å². The summed E-state index contributed by atoms with van der Waals surface area (Å²) in [5.74, 6) is 0.521. The van der Waals surface area contributed by atoms with Gasteiger partial charge in [-0.25, -0.2) is 17.5 Å². The van der Waals surface area contributed by atoms with Gasteiger partial charge in [-0.1, -0.05) is 0 Å². The lowest BCUT2D eigenvalue weighted by Crippen LogP contribution is -2.25. The van der Waals surface area contributed by atoms with E-state index in [0.717, 1.165) is 0 Å². The first-order valence-electron chi connectivity index (χ1n) is 5.49. The lowest BCUT2D eigenvalue weighted by molar-refractivity contribution is 0.233. The van der Waals surface area contributed by atoms with Gasteiger partial charge in [-0.3, -0.25) is 0 Å². The van der Waals surface area contributed by atoms with E-state index < -0.39 is 16.7 Å². The molecule has 0 bridgehead atoms. The standard InChI is InChI=1S/C11H16FNO4S/c12-6-7-13-18(15,16)11-4-2-10(3-5-11)17-9-1-8-14/h2-5,13-14H,1,6-9H2. The van der Waals surface area contributed by atoms with Gasteiger partial charge in [0.2, 0.25) is 10.0 Å². The molecule has 0 aliphatic heterocycles. The molecule has 0 amide bonds. The SMILES string of the molecule is O=S(=O)(NCCF)c1ccc(OCCCO)cc1. The Morgan fingerprint density at radius 2 is 1.94 bits per heavy atom. The quantitative estimate of drug-likeness (QED) is 0.686. The van der Waals surface area contributed by atoms with Crippen LogP contribution in [0.1, 0.15) is 6.42 Å². The van der Waals surface area contributed by atoms with Gasteiger partial charge >= 0.3 is 0 Å². The van der Waals surface area contributed by atoms with Crippen LogP contribution in [-0.4, -0.2) is 40.0 Å². The molecule has 0 atom stereocenters. The Balaban J connectivity index is 2.64. The molecule has 0 fully saturated rings. The Morgan fingerprint density at radius 1 is 1.28 bits per heavy atom. The zero-order valence-corrected chi connectivity index (χ0v) is 10.6. The monoisotopic (exact) mass is 277 g/mol. The minimum atomic E-state index is -3.65. The molecule has 1 rings (SSSR count). The summed E-state index contributed by atoms with van der Waals surface area (Å²) in [6.07, 6.45) is 0.512. The molecule has 0 heterocycles. The van der Waals surface area contributed by atoms with Crippen molar-refractivity contribution in [2.45, 2.75) is 11.3 Å². The highest BCUT2D eigenvalue weighted by Gasteiger charge is 2.12. The van der Waals surface area contributed by atoms with Gasteiger partial charge < -0.3 is 9.84 Å². The molecule has 2 N–H and O–H groups in total. The number of nitrogens with one attached hydrogen (secondary N) is 1. The smallest absolute Gasteiger partial charge is 0.240 e.